The highest BCUT2D eigenvalue weighted by Crippen LogP contribution is 2.04. The fraction of sp³-hybridized carbons (Fsp3) is 0.500. The molecule has 2 rings (SSSR count). The normalized spacial score (nSPS) is 11.9. The maximum atomic E-state index is 10.2. The van der Waals surface area contributed by atoms with Crippen LogP contribution in [0.1, 0.15) is 87.9 Å². The second-order valence-electron chi connectivity index (χ2n) is 9.11. The van der Waals surface area contributed by atoms with Crippen molar-refractivity contribution in [1.82, 2.24) is 0 Å². The first kappa shape index (κ1) is 47.1. The van der Waals surface area contributed by atoms with Crippen LogP contribution >= 0.6 is 0 Å². The van der Waals surface area contributed by atoms with E-state index in [0.29, 0.717) is 11.1 Å². The van der Waals surface area contributed by atoms with Crippen molar-refractivity contribution in [2.45, 2.75) is 79.4 Å². The Balaban J connectivity index is -0.000000222. The fourth-order valence-corrected chi connectivity index (χ4v) is 2.21. The van der Waals surface area contributed by atoms with Gasteiger partial charge in [-0.05, 0) is 37.1 Å². The minimum Gasteiger partial charge on any atom is -0.481 e. The van der Waals surface area contributed by atoms with Crippen LogP contribution in [0.15, 0.2) is 60.7 Å². The Labute approximate surface area is 260 Å². The van der Waals surface area contributed by atoms with Crippen LogP contribution in [-0.4, -0.2) is 90.2 Å². The van der Waals surface area contributed by atoms with Gasteiger partial charge in [-0.15, -0.1) is 0 Å². The predicted molar refractivity (Wildman–Crippen MR) is 168 cm³/mol. The molecule has 0 heterocycles. The number of carbonyl (C=O) groups is 4. The fourth-order valence-electron chi connectivity index (χ4n) is 2.21. The number of hydrogen-bond donors (Lipinski definition) is 8. The van der Waals surface area contributed by atoms with Crippen LogP contribution in [0, 0.1) is 11.8 Å². The van der Waals surface area contributed by atoms with Gasteiger partial charge in [-0.25, -0.2) is 9.59 Å². The summed E-state index contributed by atoms with van der Waals surface area (Å²) in [6.07, 6.45) is 1.23. The molecule has 0 aliphatic rings. The number of carboxylic acids is 4. The summed E-state index contributed by atoms with van der Waals surface area (Å²) >= 11 is 0. The third-order valence-corrected chi connectivity index (χ3v) is 5.37. The van der Waals surface area contributed by atoms with Gasteiger partial charge in [-0.1, -0.05) is 77.9 Å². The van der Waals surface area contributed by atoms with Gasteiger partial charge in [-0.2, -0.15) is 0 Å². The molecule has 0 saturated carbocycles. The minimum atomic E-state index is -0.879. The smallest absolute Gasteiger partial charge is 0.335 e. The number of aliphatic hydroxyl groups excluding tert-OH is 4. The van der Waals surface area contributed by atoms with Gasteiger partial charge in [0.1, 0.15) is 0 Å². The zero-order valence-corrected chi connectivity index (χ0v) is 26.5. The van der Waals surface area contributed by atoms with E-state index in [1.54, 1.807) is 74.5 Å². The largest absolute Gasteiger partial charge is 0.481 e. The van der Waals surface area contributed by atoms with E-state index in [-0.39, 0.29) is 50.1 Å². The van der Waals surface area contributed by atoms with Gasteiger partial charge >= 0.3 is 23.9 Å². The van der Waals surface area contributed by atoms with Crippen molar-refractivity contribution in [3.05, 3.63) is 71.8 Å². The summed E-state index contributed by atoms with van der Waals surface area (Å²) in [5.74, 6) is -3.19. The van der Waals surface area contributed by atoms with E-state index in [0.717, 1.165) is 12.8 Å². The summed E-state index contributed by atoms with van der Waals surface area (Å²) in [4.78, 5) is 39.1. The number of benzene rings is 2. The van der Waals surface area contributed by atoms with Gasteiger partial charge in [0.25, 0.3) is 0 Å². The minimum absolute atomic E-state index is 0.0278. The van der Waals surface area contributed by atoms with Crippen LogP contribution in [0.2, 0.25) is 0 Å². The first-order chi connectivity index (χ1) is 20.6. The Morgan fingerprint density at radius 1 is 0.545 bits per heavy atom. The van der Waals surface area contributed by atoms with Crippen molar-refractivity contribution in [3.63, 3.8) is 0 Å². The molecule has 0 aliphatic heterocycles. The number of carboxylic acid groups (broad SMARTS) is 4. The van der Waals surface area contributed by atoms with Crippen molar-refractivity contribution >= 4 is 23.9 Å². The van der Waals surface area contributed by atoms with Gasteiger partial charge in [-0.3, -0.25) is 9.59 Å². The van der Waals surface area contributed by atoms with Crippen LogP contribution in [0.4, 0.5) is 0 Å². The zero-order valence-electron chi connectivity index (χ0n) is 26.5. The molecule has 44 heavy (non-hydrogen) atoms. The molecule has 0 radical (unpaired) electrons. The highest BCUT2D eigenvalue weighted by molar-refractivity contribution is 5.87. The zero-order chi connectivity index (χ0) is 35.1. The molecule has 8 N–H and O–H groups in total. The van der Waals surface area contributed by atoms with E-state index < -0.39 is 23.9 Å². The molecule has 4 atom stereocenters. The van der Waals surface area contributed by atoms with Gasteiger partial charge in [0, 0.05) is 37.9 Å². The van der Waals surface area contributed by atoms with Crippen LogP contribution in [0.3, 0.4) is 0 Å². The van der Waals surface area contributed by atoms with Crippen molar-refractivity contribution in [2.75, 3.05) is 13.2 Å². The average molecular weight is 629 g/mol. The molecule has 0 bridgehead atoms. The first-order valence-electron chi connectivity index (χ1n) is 14.2. The van der Waals surface area contributed by atoms with Gasteiger partial charge in [0.15, 0.2) is 0 Å². The first-order valence-corrected chi connectivity index (χ1v) is 14.2. The maximum Gasteiger partial charge on any atom is 0.335 e. The Morgan fingerprint density at radius 3 is 0.864 bits per heavy atom. The molecule has 0 spiro atoms. The second kappa shape index (κ2) is 32.1. The van der Waals surface area contributed by atoms with Gasteiger partial charge in [0.05, 0.1) is 23.3 Å². The highest BCUT2D eigenvalue weighted by atomic mass is 16.4. The van der Waals surface area contributed by atoms with Crippen molar-refractivity contribution in [3.8, 4) is 0 Å². The van der Waals surface area contributed by atoms with Crippen molar-refractivity contribution in [2.24, 2.45) is 11.8 Å². The summed E-state index contributed by atoms with van der Waals surface area (Å²) in [5, 5.41) is 67.1. The lowest BCUT2D eigenvalue weighted by atomic mass is 10.0. The summed E-state index contributed by atoms with van der Waals surface area (Å²) in [6.45, 7) is 10.8. The van der Waals surface area contributed by atoms with Crippen LogP contribution in [0.5, 0.6) is 0 Å². The third-order valence-electron chi connectivity index (χ3n) is 5.37. The average Bonchev–Trinajstić information content (AvgIpc) is 3.05. The molecule has 252 valence electrons. The molecule has 2 aromatic rings. The van der Waals surface area contributed by atoms with E-state index >= 15 is 0 Å². The lowest BCUT2D eigenvalue weighted by Crippen LogP contribution is -2.19. The molecule has 0 amide bonds. The molecule has 0 aromatic heterocycles. The van der Waals surface area contributed by atoms with E-state index in [9.17, 15) is 19.2 Å². The van der Waals surface area contributed by atoms with Crippen molar-refractivity contribution in [1.29, 1.82) is 0 Å². The van der Waals surface area contributed by atoms with Crippen LogP contribution < -0.4 is 0 Å². The molecule has 0 fully saturated rings. The molecule has 12 heteroatoms. The Hall–Kier alpha value is -3.84. The summed E-state index contributed by atoms with van der Waals surface area (Å²) in [6, 6.07) is 16.6. The molecular weight excluding hydrogens is 576 g/mol. The van der Waals surface area contributed by atoms with E-state index in [1.807, 2.05) is 27.7 Å². The predicted octanol–water partition coefficient (Wildman–Crippen LogP) is 4.50. The molecule has 12 nitrogen and oxygen atoms in total. The van der Waals surface area contributed by atoms with Crippen LogP contribution in [0.25, 0.3) is 0 Å². The Kier molecular flexibility index (Phi) is 34.3. The highest BCUT2D eigenvalue weighted by Gasteiger charge is 2.09. The second-order valence-corrected chi connectivity index (χ2v) is 9.11. The van der Waals surface area contributed by atoms with E-state index in [4.69, 9.17) is 40.9 Å². The number of aliphatic hydroxyl groups is 4. The van der Waals surface area contributed by atoms with Gasteiger partial charge < -0.3 is 40.9 Å². The third kappa shape index (κ3) is 32.7. The molecular formula is C32H52O12. The molecule has 2 aromatic carbocycles. The SMILES string of the molecule is CCC(=O)O.CCC(=O)O.CCC(O)C(C)CO.CCC(O)C(C)CO.O=C(O)c1ccccc1.O=C(O)c1ccccc1. The topological polar surface area (TPSA) is 230 Å². The Bertz CT molecular complexity index is 872. The monoisotopic (exact) mass is 628 g/mol. The molecule has 4 unspecified atom stereocenters. The van der Waals surface area contributed by atoms with E-state index in [2.05, 4.69) is 0 Å². The Morgan fingerprint density at radius 2 is 0.773 bits per heavy atom. The van der Waals surface area contributed by atoms with Crippen molar-refractivity contribution < 1.29 is 60.0 Å². The lowest BCUT2D eigenvalue weighted by Gasteiger charge is -2.12. The maximum absolute atomic E-state index is 10.2. The lowest BCUT2D eigenvalue weighted by molar-refractivity contribution is -0.137. The summed E-state index contributed by atoms with van der Waals surface area (Å²) in [5.41, 5.74) is 0.662. The van der Waals surface area contributed by atoms with E-state index in [1.165, 1.54) is 0 Å². The summed E-state index contributed by atoms with van der Waals surface area (Å²) in [7, 11) is 0. The number of rotatable bonds is 10. The summed E-state index contributed by atoms with van der Waals surface area (Å²) < 4.78 is 0. The molecule has 0 saturated heterocycles. The number of aromatic carboxylic acids is 2. The molecule has 0 aliphatic carbocycles. The number of hydrogen-bond acceptors (Lipinski definition) is 8. The van der Waals surface area contributed by atoms with Crippen LogP contribution in [-0.2, 0) is 9.59 Å². The van der Waals surface area contributed by atoms with Gasteiger partial charge in [0.2, 0.25) is 0 Å². The quantitative estimate of drug-likeness (QED) is 0.182. The number of aliphatic carboxylic acids is 2. The standard InChI is InChI=1S/2C7H6O2.2C6H14O2.2C3H6O2/c2*8-7(9)6-4-2-1-3-5-6;2*1-3-6(8)5(2)4-7;2*1-2-3(4)5/h2*1-5H,(H,8,9);2*5-8H,3-4H2,1-2H3;2*2H2,1H3,(H,4,5).